The number of piperidine rings is 1. The third-order valence-corrected chi connectivity index (χ3v) is 4.89. The minimum absolute atomic E-state index is 0.120. The molecular formula is C20H23ClN2O. The van der Waals surface area contributed by atoms with Crippen molar-refractivity contribution < 1.29 is 4.79 Å². The van der Waals surface area contributed by atoms with E-state index in [0.29, 0.717) is 6.54 Å². The summed E-state index contributed by atoms with van der Waals surface area (Å²) in [5.41, 5.74) is 2.32. The number of benzene rings is 2. The molecule has 0 bridgehead atoms. The Hall–Kier alpha value is -2.00. The summed E-state index contributed by atoms with van der Waals surface area (Å²) in [7, 11) is 1.90. The number of hydrogen-bond acceptors (Lipinski definition) is 2. The van der Waals surface area contributed by atoms with E-state index in [4.69, 9.17) is 11.6 Å². The molecule has 3 nitrogen and oxygen atoms in total. The number of anilines is 1. The third-order valence-electron chi connectivity index (χ3n) is 4.66. The largest absolute Gasteiger partial charge is 0.371 e. The molecule has 1 amide bonds. The number of rotatable bonds is 4. The summed E-state index contributed by atoms with van der Waals surface area (Å²) in [4.78, 5) is 16.9. The number of hydrogen-bond donors (Lipinski definition) is 0. The molecular weight excluding hydrogens is 320 g/mol. The van der Waals surface area contributed by atoms with Crippen LogP contribution in [0.3, 0.4) is 0 Å². The highest BCUT2D eigenvalue weighted by atomic mass is 35.5. The second-order valence-corrected chi connectivity index (χ2v) is 6.86. The summed E-state index contributed by atoms with van der Waals surface area (Å²) in [5.74, 6) is 0.374. The van der Waals surface area contributed by atoms with Gasteiger partial charge in [0.15, 0.2) is 0 Å². The first-order valence-electron chi connectivity index (χ1n) is 8.43. The normalized spacial score (nSPS) is 15.3. The molecule has 2 aromatic carbocycles. The summed E-state index contributed by atoms with van der Waals surface area (Å²) >= 11 is 6.07. The van der Waals surface area contributed by atoms with Gasteiger partial charge in [0, 0.05) is 43.3 Å². The van der Waals surface area contributed by atoms with Gasteiger partial charge in [-0.1, -0.05) is 48.0 Å². The van der Waals surface area contributed by atoms with Crippen molar-refractivity contribution in [1.29, 1.82) is 0 Å². The molecule has 3 rings (SSSR count). The lowest BCUT2D eigenvalue weighted by atomic mass is 9.95. The van der Waals surface area contributed by atoms with E-state index in [-0.39, 0.29) is 11.8 Å². The molecule has 0 aliphatic carbocycles. The Labute approximate surface area is 148 Å². The van der Waals surface area contributed by atoms with Gasteiger partial charge < -0.3 is 9.80 Å². The second kappa shape index (κ2) is 7.71. The molecule has 0 saturated carbocycles. The first kappa shape index (κ1) is 16.8. The van der Waals surface area contributed by atoms with E-state index < -0.39 is 0 Å². The van der Waals surface area contributed by atoms with Crippen molar-refractivity contribution in [2.24, 2.45) is 5.92 Å². The summed E-state index contributed by atoms with van der Waals surface area (Å²) in [6, 6.07) is 18.1. The van der Waals surface area contributed by atoms with Crippen LogP contribution in [0.1, 0.15) is 18.4 Å². The van der Waals surface area contributed by atoms with Crippen molar-refractivity contribution in [2.75, 3.05) is 25.0 Å². The minimum atomic E-state index is 0.120. The topological polar surface area (TPSA) is 23.6 Å². The van der Waals surface area contributed by atoms with E-state index in [1.165, 1.54) is 5.56 Å². The van der Waals surface area contributed by atoms with Crippen LogP contribution in [0.4, 0.5) is 5.69 Å². The lowest BCUT2D eigenvalue weighted by Crippen LogP contribution is -2.41. The summed E-state index contributed by atoms with van der Waals surface area (Å²) in [6.45, 7) is 2.47. The highest BCUT2D eigenvalue weighted by Crippen LogP contribution is 2.26. The van der Waals surface area contributed by atoms with E-state index >= 15 is 0 Å². The van der Waals surface area contributed by atoms with Gasteiger partial charge in [0.2, 0.25) is 5.91 Å². The zero-order valence-electron chi connectivity index (χ0n) is 14.0. The van der Waals surface area contributed by atoms with Crippen molar-refractivity contribution in [3.8, 4) is 0 Å². The zero-order chi connectivity index (χ0) is 16.9. The quantitative estimate of drug-likeness (QED) is 0.830. The van der Waals surface area contributed by atoms with Gasteiger partial charge in [-0.05, 0) is 36.6 Å². The van der Waals surface area contributed by atoms with Crippen LogP contribution >= 0.6 is 11.6 Å². The van der Waals surface area contributed by atoms with E-state index in [1.807, 2.05) is 48.3 Å². The van der Waals surface area contributed by atoms with Gasteiger partial charge in [0.25, 0.3) is 0 Å². The van der Waals surface area contributed by atoms with Crippen LogP contribution in [0.25, 0.3) is 0 Å². The number of carbonyl (C=O) groups excluding carboxylic acids is 1. The lowest BCUT2D eigenvalue weighted by molar-refractivity contribution is -0.135. The SMILES string of the molecule is CN(Cc1ccccc1)C(=O)C1CCN(c2cccc(Cl)c2)CC1. The van der Waals surface area contributed by atoms with Crippen LogP contribution in [0.2, 0.25) is 5.02 Å². The minimum Gasteiger partial charge on any atom is -0.371 e. The molecule has 1 heterocycles. The summed E-state index contributed by atoms with van der Waals surface area (Å²) < 4.78 is 0. The van der Waals surface area contributed by atoms with Crippen LogP contribution in [-0.2, 0) is 11.3 Å². The van der Waals surface area contributed by atoms with Gasteiger partial charge >= 0.3 is 0 Å². The zero-order valence-corrected chi connectivity index (χ0v) is 14.7. The van der Waals surface area contributed by atoms with Crippen molar-refractivity contribution in [1.82, 2.24) is 4.90 Å². The maximum Gasteiger partial charge on any atom is 0.225 e. The Bertz CT molecular complexity index is 681. The number of halogens is 1. The van der Waals surface area contributed by atoms with Gasteiger partial charge in [0.05, 0.1) is 0 Å². The smallest absolute Gasteiger partial charge is 0.225 e. The Morgan fingerprint density at radius 2 is 1.83 bits per heavy atom. The molecule has 2 aromatic rings. The maximum atomic E-state index is 12.7. The fourth-order valence-electron chi connectivity index (χ4n) is 3.30. The molecule has 126 valence electrons. The second-order valence-electron chi connectivity index (χ2n) is 6.42. The van der Waals surface area contributed by atoms with Crippen LogP contribution in [0.5, 0.6) is 0 Å². The van der Waals surface area contributed by atoms with Crippen molar-refractivity contribution in [3.63, 3.8) is 0 Å². The average Bonchev–Trinajstić information content (AvgIpc) is 2.62. The molecule has 0 atom stereocenters. The Balaban J connectivity index is 1.55. The first-order chi connectivity index (χ1) is 11.6. The Kier molecular flexibility index (Phi) is 5.41. The summed E-state index contributed by atoms with van der Waals surface area (Å²) in [5, 5.41) is 0.758. The van der Waals surface area contributed by atoms with Gasteiger partial charge in [-0.2, -0.15) is 0 Å². The van der Waals surface area contributed by atoms with E-state index in [1.54, 1.807) is 0 Å². The van der Waals surface area contributed by atoms with E-state index in [0.717, 1.165) is 36.6 Å². The lowest BCUT2D eigenvalue weighted by Gasteiger charge is -2.34. The molecule has 24 heavy (non-hydrogen) atoms. The van der Waals surface area contributed by atoms with E-state index in [2.05, 4.69) is 23.1 Å². The number of amides is 1. The van der Waals surface area contributed by atoms with E-state index in [9.17, 15) is 4.79 Å². The van der Waals surface area contributed by atoms with Crippen LogP contribution < -0.4 is 4.90 Å². The van der Waals surface area contributed by atoms with Gasteiger partial charge in [-0.15, -0.1) is 0 Å². The first-order valence-corrected chi connectivity index (χ1v) is 8.80. The molecule has 0 aromatic heterocycles. The van der Waals surface area contributed by atoms with Crippen LogP contribution in [-0.4, -0.2) is 30.9 Å². The Morgan fingerprint density at radius 1 is 1.12 bits per heavy atom. The van der Waals surface area contributed by atoms with Gasteiger partial charge in [-0.25, -0.2) is 0 Å². The van der Waals surface area contributed by atoms with Crippen molar-refractivity contribution in [2.45, 2.75) is 19.4 Å². The molecule has 0 unspecified atom stereocenters. The molecule has 1 aliphatic rings. The fraction of sp³-hybridized carbons (Fsp3) is 0.350. The number of nitrogens with zero attached hydrogens (tertiary/aromatic N) is 2. The fourth-order valence-corrected chi connectivity index (χ4v) is 3.49. The molecule has 4 heteroatoms. The van der Waals surface area contributed by atoms with Crippen molar-refractivity contribution in [3.05, 3.63) is 65.2 Å². The average molecular weight is 343 g/mol. The number of carbonyl (C=O) groups is 1. The summed E-state index contributed by atoms with van der Waals surface area (Å²) in [6.07, 6.45) is 1.79. The maximum absolute atomic E-state index is 12.7. The molecule has 0 radical (unpaired) electrons. The highest BCUT2D eigenvalue weighted by molar-refractivity contribution is 6.30. The predicted octanol–water partition coefficient (Wildman–Crippen LogP) is 4.22. The molecule has 1 aliphatic heterocycles. The standard InChI is InChI=1S/C20H23ClN2O/c1-22(15-16-6-3-2-4-7-16)20(24)17-10-12-23(13-11-17)19-9-5-8-18(21)14-19/h2-9,14,17H,10-13,15H2,1H3. The highest BCUT2D eigenvalue weighted by Gasteiger charge is 2.27. The molecule has 1 fully saturated rings. The van der Waals surface area contributed by atoms with Crippen LogP contribution in [0.15, 0.2) is 54.6 Å². The van der Waals surface area contributed by atoms with Gasteiger partial charge in [-0.3, -0.25) is 4.79 Å². The van der Waals surface area contributed by atoms with Gasteiger partial charge in [0.1, 0.15) is 0 Å². The molecule has 0 N–H and O–H groups in total. The monoisotopic (exact) mass is 342 g/mol. The Morgan fingerprint density at radius 3 is 2.50 bits per heavy atom. The molecule has 1 saturated heterocycles. The molecule has 0 spiro atoms. The van der Waals surface area contributed by atoms with Crippen molar-refractivity contribution >= 4 is 23.2 Å². The van der Waals surface area contributed by atoms with Crippen LogP contribution in [0, 0.1) is 5.92 Å². The third kappa shape index (κ3) is 4.09. The predicted molar refractivity (Wildman–Crippen MR) is 99.3 cm³/mol.